The number of alkyl halides is 3. The number of hydrogen-bond acceptors (Lipinski definition) is 4. The van der Waals surface area contributed by atoms with E-state index in [1.807, 2.05) is 13.8 Å². The van der Waals surface area contributed by atoms with Gasteiger partial charge >= 0.3 is 13.3 Å². The molecule has 1 amide bonds. The third kappa shape index (κ3) is 4.80. The summed E-state index contributed by atoms with van der Waals surface area (Å²) in [5.74, 6) is -0.412. The minimum absolute atomic E-state index is 0.279. The predicted molar refractivity (Wildman–Crippen MR) is 105 cm³/mol. The number of carbonyl (C=O) groups is 1. The Morgan fingerprint density at radius 3 is 2.52 bits per heavy atom. The number of halogens is 3. The first-order valence-corrected chi connectivity index (χ1v) is 9.20. The van der Waals surface area contributed by atoms with Crippen LogP contribution in [0.3, 0.4) is 0 Å². The number of aryl methyl sites for hydroxylation is 1. The SMILES string of the molecule is CC1(C)OB(O)c2cc(NC(=O)C(N)CCc3ccc(C(F)(F)F)cc3)ccc21. The Morgan fingerprint density at radius 1 is 1.24 bits per heavy atom. The van der Waals surface area contributed by atoms with Crippen LogP contribution in [-0.4, -0.2) is 24.1 Å². The Morgan fingerprint density at radius 2 is 1.90 bits per heavy atom. The highest BCUT2D eigenvalue weighted by atomic mass is 19.4. The number of fused-ring (bicyclic) bond motifs is 1. The van der Waals surface area contributed by atoms with Crippen LogP contribution >= 0.6 is 0 Å². The van der Waals surface area contributed by atoms with Gasteiger partial charge in [0.15, 0.2) is 0 Å². The molecule has 1 unspecified atom stereocenters. The summed E-state index contributed by atoms with van der Waals surface area (Å²) < 4.78 is 43.3. The largest absolute Gasteiger partial charge is 0.492 e. The summed E-state index contributed by atoms with van der Waals surface area (Å²) in [6.45, 7) is 3.69. The van der Waals surface area contributed by atoms with E-state index in [1.54, 1.807) is 18.2 Å². The fourth-order valence-electron chi connectivity index (χ4n) is 3.35. The quantitative estimate of drug-likeness (QED) is 0.667. The second-order valence-corrected chi connectivity index (χ2v) is 7.61. The van der Waals surface area contributed by atoms with E-state index in [2.05, 4.69) is 5.32 Å². The van der Waals surface area contributed by atoms with Gasteiger partial charge in [-0.25, -0.2) is 0 Å². The molecule has 1 aliphatic rings. The normalized spacial score (nSPS) is 16.4. The smallest absolute Gasteiger partial charge is 0.423 e. The summed E-state index contributed by atoms with van der Waals surface area (Å²) in [6, 6.07) is 9.12. The monoisotopic (exact) mass is 406 g/mol. The van der Waals surface area contributed by atoms with Gasteiger partial charge < -0.3 is 20.7 Å². The third-order valence-corrected chi connectivity index (χ3v) is 5.00. The van der Waals surface area contributed by atoms with Crippen molar-refractivity contribution in [2.45, 2.75) is 44.5 Å². The molecular formula is C20H22BF3N2O3. The molecule has 1 aliphatic heterocycles. The molecule has 9 heteroatoms. The van der Waals surface area contributed by atoms with E-state index in [1.165, 1.54) is 12.1 Å². The second kappa shape index (κ2) is 7.81. The molecule has 2 aromatic carbocycles. The molecule has 154 valence electrons. The molecule has 1 atom stereocenters. The maximum absolute atomic E-state index is 12.6. The fourth-order valence-corrected chi connectivity index (χ4v) is 3.35. The molecule has 0 aromatic heterocycles. The minimum Gasteiger partial charge on any atom is -0.423 e. The summed E-state index contributed by atoms with van der Waals surface area (Å²) in [5.41, 5.74) is 7.18. The summed E-state index contributed by atoms with van der Waals surface area (Å²) in [7, 11) is -1.06. The zero-order chi connectivity index (χ0) is 21.4. The van der Waals surface area contributed by atoms with Crippen molar-refractivity contribution >= 4 is 24.2 Å². The lowest BCUT2D eigenvalue weighted by Gasteiger charge is -2.19. The van der Waals surface area contributed by atoms with Gasteiger partial charge in [0, 0.05) is 5.69 Å². The van der Waals surface area contributed by atoms with Gasteiger partial charge in [-0.3, -0.25) is 4.79 Å². The van der Waals surface area contributed by atoms with Crippen LogP contribution in [0, 0.1) is 0 Å². The first-order chi connectivity index (χ1) is 13.5. The zero-order valence-corrected chi connectivity index (χ0v) is 16.1. The number of benzene rings is 2. The first kappa shape index (κ1) is 21.4. The van der Waals surface area contributed by atoms with Crippen LogP contribution < -0.4 is 16.5 Å². The van der Waals surface area contributed by atoms with Crippen molar-refractivity contribution in [2.24, 2.45) is 5.73 Å². The van der Waals surface area contributed by atoms with E-state index in [9.17, 15) is 23.0 Å². The lowest BCUT2D eigenvalue weighted by Crippen LogP contribution is -2.36. The molecule has 0 fully saturated rings. The lowest BCUT2D eigenvalue weighted by atomic mass is 9.78. The standard InChI is InChI=1S/C20H22BF3N2O3/c1-19(2)15-9-8-14(11-16(15)21(28)29-19)26-18(27)17(25)10-5-12-3-6-13(7-4-12)20(22,23)24/h3-4,6-9,11,17,28H,5,10,25H2,1-2H3,(H,26,27). The molecule has 0 spiro atoms. The average molecular weight is 406 g/mol. The van der Waals surface area contributed by atoms with Gasteiger partial charge in [-0.2, -0.15) is 13.2 Å². The van der Waals surface area contributed by atoms with Crippen molar-refractivity contribution in [1.82, 2.24) is 0 Å². The molecule has 4 N–H and O–H groups in total. The van der Waals surface area contributed by atoms with Gasteiger partial charge in [0.2, 0.25) is 5.91 Å². The molecule has 1 heterocycles. The van der Waals surface area contributed by atoms with Crippen LogP contribution in [-0.2, 0) is 27.6 Å². The van der Waals surface area contributed by atoms with Gasteiger partial charge in [0.05, 0.1) is 17.2 Å². The van der Waals surface area contributed by atoms with Crippen molar-refractivity contribution in [3.05, 3.63) is 59.2 Å². The fraction of sp³-hybridized carbons (Fsp3) is 0.350. The van der Waals surface area contributed by atoms with E-state index >= 15 is 0 Å². The van der Waals surface area contributed by atoms with Gasteiger partial charge in [-0.05, 0) is 67.5 Å². The average Bonchev–Trinajstić information content (AvgIpc) is 2.87. The minimum atomic E-state index is -4.38. The third-order valence-electron chi connectivity index (χ3n) is 5.00. The lowest BCUT2D eigenvalue weighted by molar-refractivity contribution is -0.137. The molecule has 29 heavy (non-hydrogen) atoms. The Balaban J connectivity index is 1.58. The first-order valence-electron chi connectivity index (χ1n) is 9.20. The molecule has 0 saturated heterocycles. The molecule has 2 aromatic rings. The Bertz CT molecular complexity index is 901. The van der Waals surface area contributed by atoms with E-state index in [0.717, 1.165) is 17.7 Å². The number of amides is 1. The van der Waals surface area contributed by atoms with Gasteiger partial charge in [-0.1, -0.05) is 18.2 Å². The van der Waals surface area contributed by atoms with Crippen LogP contribution in [0.2, 0.25) is 0 Å². The second-order valence-electron chi connectivity index (χ2n) is 7.61. The van der Waals surface area contributed by atoms with Crippen molar-refractivity contribution in [3.8, 4) is 0 Å². The summed E-state index contributed by atoms with van der Waals surface area (Å²) >= 11 is 0. The Hall–Kier alpha value is -2.36. The highest BCUT2D eigenvalue weighted by Gasteiger charge is 2.40. The molecule has 5 nitrogen and oxygen atoms in total. The predicted octanol–water partition coefficient (Wildman–Crippen LogP) is 2.56. The van der Waals surface area contributed by atoms with Crippen molar-refractivity contribution in [1.29, 1.82) is 0 Å². The maximum atomic E-state index is 12.6. The number of nitrogens with one attached hydrogen (secondary N) is 1. The highest BCUT2D eigenvalue weighted by molar-refractivity contribution is 6.62. The van der Waals surface area contributed by atoms with E-state index in [4.69, 9.17) is 10.4 Å². The molecule has 3 rings (SSSR count). The van der Waals surface area contributed by atoms with Crippen LogP contribution in [0.4, 0.5) is 18.9 Å². The van der Waals surface area contributed by atoms with Gasteiger partial charge in [-0.15, -0.1) is 0 Å². The molecular weight excluding hydrogens is 384 g/mol. The van der Waals surface area contributed by atoms with Crippen molar-refractivity contribution < 1.29 is 27.6 Å². The Kier molecular flexibility index (Phi) is 5.75. The summed E-state index contributed by atoms with van der Waals surface area (Å²) in [5, 5.41) is 12.7. The number of rotatable bonds is 5. The zero-order valence-electron chi connectivity index (χ0n) is 16.1. The van der Waals surface area contributed by atoms with Crippen LogP contribution in [0.1, 0.15) is 37.0 Å². The number of anilines is 1. The van der Waals surface area contributed by atoms with Crippen LogP contribution in [0.5, 0.6) is 0 Å². The maximum Gasteiger partial charge on any atom is 0.492 e. The highest BCUT2D eigenvalue weighted by Crippen LogP contribution is 2.31. The van der Waals surface area contributed by atoms with E-state index in [0.29, 0.717) is 23.1 Å². The topological polar surface area (TPSA) is 84.6 Å². The summed E-state index contributed by atoms with van der Waals surface area (Å²) in [6.07, 6.45) is -3.73. The van der Waals surface area contributed by atoms with Crippen molar-refractivity contribution in [3.63, 3.8) is 0 Å². The molecule has 0 aliphatic carbocycles. The molecule has 0 bridgehead atoms. The summed E-state index contributed by atoms with van der Waals surface area (Å²) in [4.78, 5) is 12.3. The van der Waals surface area contributed by atoms with Crippen LogP contribution in [0.25, 0.3) is 0 Å². The van der Waals surface area contributed by atoms with Crippen LogP contribution in [0.15, 0.2) is 42.5 Å². The van der Waals surface area contributed by atoms with Gasteiger partial charge in [0.25, 0.3) is 0 Å². The number of hydrogen-bond donors (Lipinski definition) is 3. The van der Waals surface area contributed by atoms with Crippen molar-refractivity contribution in [2.75, 3.05) is 5.32 Å². The molecule has 0 saturated carbocycles. The number of nitrogens with two attached hydrogens (primary N) is 1. The number of carbonyl (C=O) groups excluding carboxylic acids is 1. The van der Waals surface area contributed by atoms with E-state index in [-0.39, 0.29) is 6.42 Å². The van der Waals surface area contributed by atoms with E-state index < -0.39 is 36.4 Å². The Labute approximate surface area is 167 Å². The molecule has 0 radical (unpaired) electrons. The van der Waals surface area contributed by atoms with Gasteiger partial charge in [0.1, 0.15) is 0 Å².